The first-order valence-electron chi connectivity index (χ1n) is 17.5. The van der Waals surface area contributed by atoms with Gasteiger partial charge in [-0.2, -0.15) is 0 Å². The molecule has 0 aromatic heterocycles. The Bertz CT molecular complexity index is 2890. The van der Waals surface area contributed by atoms with Crippen molar-refractivity contribution in [1.29, 1.82) is 0 Å². The van der Waals surface area contributed by atoms with E-state index in [2.05, 4.69) is 174 Å². The van der Waals surface area contributed by atoms with E-state index in [0.29, 0.717) is 0 Å². The number of fused-ring (bicyclic) bond motifs is 7. The highest BCUT2D eigenvalue weighted by Gasteiger charge is 2.44. The van der Waals surface area contributed by atoms with Gasteiger partial charge in [-0.15, -0.1) is 0 Å². The van der Waals surface area contributed by atoms with Gasteiger partial charge in [0.1, 0.15) is 0 Å². The molecule has 3 aliphatic heterocycles. The molecule has 0 atom stereocenters. The molecule has 0 fully saturated rings. The zero-order valence-electron chi connectivity index (χ0n) is 27.4. The molecule has 9 aromatic rings. The number of anilines is 6. The molecule has 12 rings (SSSR count). The quantitative estimate of drug-likeness (QED) is 0.132. The van der Waals surface area contributed by atoms with Crippen molar-refractivity contribution in [2.75, 3.05) is 9.80 Å². The maximum Gasteiger partial charge on any atom is 0.249 e. The van der Waals surface area contributed by atoms with Crippen LogP contribution in [-0.2, 0) is 0 Å². The van der Waals surface area contributed by atoms with Gasteiger partial charge in [0.05, 0.1) is 27.6 Å². The Morgan fingerprint density at radius 1 is 0.412 bits per heavy atom. The minimum Gasteiger partial charge on any atom is -0.310 e. The molecule has 0 unspecified atom stereocenters. The Labute approximate surface area is 304 Å². The van der Waals surface area contributed by atoms with Crippen molar-refractivity contribution in [3.8, 4) is 0 Å². The van der Waals surface area contributed by atoms with Crippen LogP contribution in [0.2, 0.25) is 0 Å². The zero-order valence-corrected chi connectivity index (χ0v) is 29.0. The fourth-order valence-corrected chi connectivity index (χ4v) is 11.3. The molecule has 0 amide bonds. The number of para-hydroxylation sites is 3. The molecular formula is C46H27BN2S2. The van der Waals surface area contributed by atoms with Crippen LogP contribution in [0.5, 0.6) is 0 Å². The van der Waals surface area contributed by atoms with E-state index >= 15 is 0 Å². The average molecular weight is 683 g/mol. The van der Waals surface area contributed by atoms with Gasteiger partial charge in [0, 0.05) is 31.4 Å². The van der Waals surface area contributed by atoms with Gasteiger partial charge in [-0.25, -0.2) is 0 Å². The summed E-state index contributed by atoms with van der Waals surface area (Å²) in [5.41, 5.74) is 11.5. The summed E-state index contributed by atoms with van der Waals surface area (Å²) in [7, 11) is 0. The van der Waals surface area contributed by atoms with Crippen LogP contribution in [0.25, 0.3) is 32.3 Å². The predicted molar refractivity (Wildman–Crippen MR) is 219 cm³/mol. The number of rotatable bonds is 2. The van der Waals surface area contributed by atoms with Gasteiger partial charge < -0.3 is 9.80 Å². The number of hydrogen-bond acceptors (Lipinski definition) is 4. The first kappa shape index (κ1) is 28.1. The van der Waals surface area contributed by atoms with E-state index in [-0.39, 0.29) is 6.71 Å². The lowest BCUT2D eigenvalue weighted by atomic mass is 9.35. The molecule has 0 spiro atoms. The SMILES string of the molecule is c1ccc(N2c3ccccc3B3c4ccccc4Sc4cc5c(c2c43)Sc2ccccc2N5c2ccc3ccc4cccc5ccc2c3c45)cc1. The summed E-state index contributed by atoms with van der Waals surface area (Å²) < 4.78 is 0. The highest BCUT2D eigenvalue weighted by molar-refractivity contribution is 8.00. The largest absolute Gasteiger partial charge is 0.310 e. The Kier molecular flexibility index (Phi) is 5.77. The van der Waals surface area contributed by atoms with Crippen LogP contribution in [0.1, 0.15) is 0 Å². The molecule has 236 valence electrons. The normalized spacial score (nSPS) is 14.0. The summed E-state index contributed by atoms with van der Waals surface area (Å²) in [6.07, 6.45) is 0. The summed E-state index contributed by atoms with van der Waals surface area (Å²) in [5.74, 6) is 0. The number of nitrogens with zero attached hydrogens (tertiary/aromatic N) is 2. The Balaban J connectivity index is 1.21. The van der Waals surface area contributed by atoms with E-state index in [1.165, 1.54) is 102 Å². The third kappa shape index (κ3) is 3.82. The van der Waals surface area contributed by atoms with Crippen molar-refractivity contribution in [3.05, 3.63) is 164 Å². The second-order valence-electron chi connectivity index (χ2n) is 13.6. The topological polar surface area (TPSA) is 6.48 Å². The van der Waals surface area contributed by atoms with E-state index in [9.17, 15) is 0 Å². The summed E-state index contributed by atoms with van der Waals surface area (Å²) in [4.78, 5) is 10.3. The van der Waals surface area contributed by atoms with Crippen LogP contribution in [-0.4, -0.2) is 6.71 Å². The molecular weight excluding hydrogens is 655 g/mol. The lowest BCUT2D eigenvalue weighted by molar-refractivity contribution is 1.13. The maximum atomic E-state index is 2.56. The molecule has 9 aromatic carbocycles. The standard InChI is InChI=1S/C46H27BN2S2/c1-2-13-31(14-3-1)48-36-17-6-4-15-33(36)47-34-16-5-8-19-39(34)50-41-27-38-46(45(48)44(41)47)51-40-20-9-7-18-37(40)49(38)35-26-24-30-22-21-28-11-10-12-29-23-25-32(35)43(30)42(28)29/h1-27H. The van der Waals surface area contributed by atoms with E-state index in [4.69, 9.17) is 0 Å². The third-order valence-corrected chi connectivity index (χ3v) is 13.3. The molecule has 51 heavy (non-hydrogen) atoms. The Morgan fingerprint density at radius 2 is 1.08 bits per heavy atom. The average Bonchev–Trinajstić information content (AvgIpc) is 3.19. The van der Waals surface area contributed by atoms with Crippen molar-refractivity contribution >= 4 is 113 Å². The van der Waals surface area contributed by atoms with Crippen LogP contribution >= 0.6 is 23.5 Å². The first-order chi connectivity index (χ1) is 25.3. The van der Waals surface area contributed by atoms with Gasteiger partial charge in [0.25, 0.3) is 0 Å². The summed E-state index contributed by atoms with van der Waals surface area (Å²) >= 11 is 3.84. The fourth-order valence-electron chi connectivity index (χ4n) is 8.93. The van der Waals surface area contributed by atoms with E-state index in [1.807, 2.05) is 23.5 Å². The smallest absolute Gasteiger partial charge is 0.249 e. The molecule has 0 N–H and O–H groups in total. The molecule has 0 bridgehead atoms. The lowest BCUT2D eigenvalue weighted by Crippen LogP contribution is -2.60. The van der Waals surface area contributed by atoms with Crippen LogP contribution in [0, 0.1) is 0 Å². The Hall–Kier alpha value is -5.62. The minimum atomic E-state index is 0.148. The first-order valence-corrected chi connectivity index (χ1v) is 19.1. The monoisotopic (exact) mass is 682 g/mol. The summed E-state index contributed by atoms with van der Waals surface area (Å²) in [5, 5.41) is 7.81. The van der Waals surface area contributed by atoms with E-state index in [1.54, 1.807) is 0 Å². The van der Waals surface area contributed by atoms with E-state index < -0.39 is 0 Å². The maximum absolute atomic E-state index is 2.56. The minimum absolute atomic E-state index is 0.148. The molecule has 0 radical (unpaired) electrons. The van der Waals surface area contributed by atoms with Gasteiger partial charge >= 0.3 is 0 Å². The van der Waals surface area contributed by atoms with Gasteiger partial charge in [0.15, 0.2) is 0 Å². The van der Waals surface area contributed by atoms with Crippen molar-refractivity contribution in [2.24, 2.45) is 0 Å². The summed E-state index contributed by atoms with van der Waals surface area (Å²) in [6, 6.07) is 61.0. The molecule has 2 nitrogen and oxygen atoms in total. The molecule has 3 heterocycles. The summed E-state index contributed by atoms with van der Waals surface area (Å²) in [6.45, 7) is 0.148. The van der Waals surface area contributed by atoms with Gasteiger partial charge in [-0.3, -0.25) is 0 Å². The molecule has 0 saturated carbocycles. The van der Waals surface area contributed by atoms with Crippen LogP contribution in [0.15, 0.2) is 183 Å². The molecule has 0 saturated heterocycles. The van der Waals surface area contributed by atoms with Crippen molar-refractivity contribution < 1.29 is 0 Å². The van der Waals surface area contributed by atoms with Crippen LogP contribution < -0.4 is 26.2 Å². The second kappa shape index (κ2) is 10.5. The molecule has 5 heteroatoms. The van der Waals surface area contributed by atoms with Crippen LogP contribution in [0.4, 0.5) is 34.1 Å². The van der Waals surface area contributed by atoms with Crippen molar-refractivity contribution in [3.63, 3.8) is 0 Å². The van der Waals surface area contributed by atoms with Gasteiger partial charge in [-0.05, 0) is 86.4 Å². The highest BCUT2D eigenvalue weighted by Crippen LogP contribution is 2.59. The fraction of sp³-hybridized carbons (Fsp3) is 0. The van der Waals surface area contributed by atoms with Crippen LogP contribution in [0.3, 0.4) is 0 Å². The van der Waals surface area contributed by atoms with Crippen molar-refractivity contribution in [1.82, 2.24) is 0 Å². The van der Waals surface area contributed by atoms with Crippen molar-refractivity contribution in [2.45, 2.75) is 19.6 Å². The predicted octanol–water partition coefficient (Wildman–Crippen LogP) is 11.3. The highest BCUT2D eigenvalue weighted by atomic mass is 32.2. The Morgan fingerprint density at radius 3 is 1.92 bits per heavy atom. The van der Waals surface area contributed by atoms with Gasteiger partial charge in [-0.1, -0.05) is 144 Å². The number of benzene rings is 9. The zero-order chi connectivity index (χ0) is 33.2. The molecule has 0 aliphatic carbocycles. The number of hydrogen-bond donors (Lipinski definition) is 0. The van der Waals surface area contributed by atoms with E-state index in [0.717, 1.165) is 0 Å². The van der Waals surface area contributed by atoms with Gasteiger partial charge in [0.2, 0.25) is 6.71 Å². The second-order valence-corrected chi connectivity index (χ2v) is 15.8. The lowest BCUT2D eigenvalue weighted by Gasteiger charge is -2.44. The third-order valence-electron chi connectivity index (χ3n) is 11.0. The molecule has 3 aliphatic rings.